The SMILES string of the molecule is CC(C)COC(=O)N1C2CC[C@H]1CC(S(=O)(=O)c1cc(C(=O)Nc3cc(F)c(F)c(F)c3)ccc1Cl)C2. The van der Waals surface area contributed by atoms with Gasteiger partial charge in [-0.15, -0.1) is 0 Å². The van der Waals surface area contributed by atoms with Gasteiger partial charge in [0.2, 0.25) is 0 Å². The van der Waals surface area contributed by atoms with Crippen molar-refractivity contribution in [2.24, 2.45) is 5.92 Å². The average molecular weight is 559 g/mol. The minimum absolute atomic E-state index is 0.0819. The lowest BCUT2D eigenvalue weighted by Crippen LogP contribution is -2.50. The highest BCUT2D eigenvalue weighted by atomic mass is 35.5. The highest BCUT2D eigenvalue weighted by Crippen LogP contribution is 2.41. The van der Waals surface area contributed by atoms with Crippen molar-refractivity contribution in [3.8, 4) is 0 Å². The number of amides is 2. The molecule has 2 aliphatic heterocycles. The van der Waals surface area contributed by atoms with E-state index < -0.39 is 44.5 Å². The summed E-state index contributed by atoms with van der Waals surface area (Å²) in [6.45, 7) is 4.13. The molecule has 2 unspecified atom stereocenters. The number of carbonyl (C=O) groups is 2. The zero-order chi connectivity index (χ0) is 27.1. The minimum atomic E-state index is -4.00. The Kier molecular flexibility index (Phi) is 7.75. The number of hydrogen-bond acceptors (Lipinski definition) is 5. The number of benzene rings is 2. The number of fused-ring (bicyclic) bond motifs is 2. The Hall–Kier alpha value is -2.79. The zero-order valence-corrected chi connectivity index (χ0v) is 21.7. The van der Waals surface area contributed by atoms with Gasteiger partial charge in [0.15, 0.2) is 27.3 Å². The highest BCUT2D eigenvalue weighted by Gasteiger charge is 2.48. The van der Waals surface area contributed by atoms with Crippen LogP contribution in [0.3, 0.4) is 0 Å². The molecule has 2 aliphatic rings. The van der Waals surface area contributed by atoms with Crippen LogP contribution in [0.2, 0.25) is 5.02 Å². The van der Waals surface area contributed by atoms with Crippen molar-refractivity contribution in [3.63, 3.8) is 0 Å². The Labute approximate surface area is 217 Å². The number of sulfone groups is 1. The second kappa shape index (κ2) is 10.5. The molecule has 3 atom stereocenters. The van der Waals surface area contributed by atoms with Crippen molar-refractivity contribution >= 4 is 39.1 Å². The molecule has 2 amide bonds. The first-order valence-corrected chi connectivity index (χ1v) is 13.7. The molecule has 200 valence electrons. The fourth-order valence-corrected chi connectivity index (χ4v) is 7.25. The first-order valence-electron chi connectivity index (χ1n) is 11.8. The number of ether oxygens (including phenoxy) is 1. The molecule has 4 rings (SSSR count). The molecule has 0 aliphatic carbocycles. The second-order valence-electron chi connectivity index (χ2n) is 9.75. The van der Waals surface area contributed by atoms with Crippen molar-refractivity contribution in [2.45, 2.75) is 61.8 Å². The first-order chi connectivity index (χ1) is 17.4. The standard InChI is InChI=1S/C25H26ClF3N2O5S/c1-13(2)12-36-25(33)31-16-4-5-17(31)11-18(10-16)37(34,35)22-7-14(3-6-19(22)26)24(32)30-15-8-20(27)23(29)21(28)9-15/h3,6-9,13,16-18H,4-5,10-12H2,1-2H3,(H,30,32)/t16-,17?,18?/m0/s1. The molecule has 0 aromatic heterocycles. The van der Waals surface area contributed by atoms with E-state index >= 15 is 0 Å². The quantitative estimate of drug-likeness (QED) is 0.468. The summed E-state index contributed by atoms with van der Waals surface area (Å²) in [5.41, 5.74) is -0.458. The summed E-state index contributed by atoms with van der Waals surface area (Å²) >= 11 is 6.23. The van der Waals surface area contributed by atoms with E-state index in [4.69, 9.17) is 16.3 Å². The van der Waals surface area contributed by atoms with Crippen molar-refractivity contribution in [3.05, 3.63) is 58.4 Å². The summed E-state index contributed by atoms with van der Waals surface area (Å²) in [6, 6.07) is 4.28. The van der Waals surface area contributed by atoms with Crippen LogP contribution in [0.4, 0.5) is 23.7 Å². The van der Waals surface area contributed by atoms with Gasteiger partial charge >= 0.3 is 6.09 Å². The smallest absolute Gasteiger partial charge is 0.410 e. The van der Waals surface area contributed by atoms with E-state index in [2.05, 4.69) is 5.32 Å². The Morgan fingerprint density at radius 3 is 2.24 bits per heavy atom. The molecule has 2 heterocycles. The summed E-state index contributed by atoms with van der Waals surface area (Å²) in [5.74, 6) is -5.33. The Balaban J connectivity index is 1.53. The topological polar surface area (TPSA) is 92.8 Å². The van der Waals surface area contributed by atoms with Crippen molar-refractivity contribution in [1.29, 1.82) is 0 Å². The number of rotatable bonds is 6. The summed E-state index contributed by atoms with van der Waals surface area (Å²) in [6.07, 6.45) is 1.29. The van der Waals surface area contributed by atoms with Crippen LogP contribution in [-0.4, -0.2) is 49.3 Å². The van der Waals surface area contributed by atoms with E-state index in [-0.39, 0.29) is 58.6 Å². The summed E-state index contributed by atoms with van der Waals surface area (Å²) in [5, 5.41) is 1.32. The molecule has 2 aromatic rings. The van der Waals surface area contributed by atoms with Gasteiger partial charge in [0.25, 0.3) is 5.91 Å². The predicted octanol–water partition coefficient (Wildman–Crippen LogP) is 5.57. The molecule has 37 heavy (non-hydrogen) atoms. The fourth-order valence-electron chi connectivity index (χ4n) is 4.86. The molecule has 12 heteroatoms. The molecular formula is C25H26ClF3N2O5S. The maximum atomic E-state index is 13.6. The molecule has 0 saturated carbocycles. The van der Waals surface area contributed by atoms with Crippen molar-refractivity contribution in [1.82, 2.24) is 4.90 Å². The molecule has 2 fully saturated rings. The van der Waals surface area contributed by atoms with Gasteiger partial charge < -0.3 is 15.0 Å². The van der Waals surface area contributed by atoms with Gasteiger partial charge in [0.05, 0.1) is 21.8 Å². The van der Waals surface area contributed by atoms with Crippen LogP contribution < -0.4 is 5.32 Å². The molecule has 2 aromatic carbocycles. The lowest BCUT2D eigenvalue weighted by Gasteiger charge is -2.38. The van der Waals surface area contributed by atoms with Gasteiger partial charge in [0.1, 0.15) is 0 Å². The van der Waals surface area contributed by atoms with Gasteiger partial charge in [-0.1, -0.05) is 25.4 Å². The van der Waals surface area contributed by atoms with Gasteiger partial charge in [-0.2, -0.15) is 0 Å². The first kappa shape index (κ1) is 27.3. The Morgan fingerprint density at radius 1 is 1.08 bits per heavy atom. The monoisotopic (exact) mass is 558 g/mol. The third kappa shape index (κ3) is 5.57. The third-order valence-corrected chi connectivity index (χ3v) is 9.28. The fraction of sp³-hybridized carbons (Fsp3) is 0.440. The maximum absolute atomic E-state index is 13.6. The van der Waals surface area contributed by atoms with Crippen molar-refractivity contribution < 1.29 is 35.9 Å². The number of carbonyl (C=O) groups excluding carboxylic acids is 2. The van der Waals surface area contributed by atoms with Crippen LogP contribution in [0.1, 0.15) is 49.9 Å². The number of anilines is 1. The molecule has 7 nitrogen and oxygen atoms in total. The van der Waals surface area contributed by atoms with E-state index in [0.717, 1.165) is 6.07 Å². The normalized spacial score (nSPS) is 21.3. The van der Waals surface area contributed by atoms with E-state index in [1.807, 2.05) is 13.8 Å². The second-order valence-corrected chi connectivity index (χ2v) is 12.4. The molecule has 2 bridgehead atoms. The average Bonchev–Trinajstić information content (AvgIpc) is 3.09. The minimum Gasteiger partial charge on any atom is -0.449 e. The number of halogens is 4. The molecule has 2 saturated heterocycles. The maximum Gasteiger partial charge on any atom is 0.410 e. The van der Waals surface area contributed by atoms with Gasteiger partial charge in [0, 0.05) is 35.5 Å². The molecule has 0 radical (unpaired) electrons. The van der Waals surface area contributed by atoms with Crippen LogP contribution in [0.25, 0.3) is 0 Å². The summed E-state index contributed by atoms with van der Waals surface area (Å²) in [4.78, 5) is 26.7. The zero-order valence-electron chi connectivity index (χ0n) is 20.1. The van der Waals surface area contributed by atoms with Crippen LogP contribution in [-0.2, 0) is 14.6 Å². The Bertz CT molecular complexity index is 1300. The van der Waals surface area contributed by atoms with Gasteiger partial charge in [-0.05, 0) is 49.8 Å². The van der Waals surface area contributed by atoms with Crippen LogP contribution in [0, 0.1) is 23.4 Å². The lowest BCUT2D eigenvalue weighted by atomic mass is 10.0. The predicted molar refractivity (Wildman–Crippen MR) is 131 cm³/mol. The number of hydrogen-bond donors (Lipinski definition) is 1. The van der Waals surface area contributed by atoms with Gasteiger partial charge in [-0.3, -0.25) is 4.79 Å². The van der Waals surface area contributed by atoms with Crippen LogP contribution >= 0.6 is 11.6 Å². The van der Waals surface area contributed by atoms with Crippen LogP contribution in [0.15, 0.2) is 35.2 Å². The van der Waals surface area contributed by atoms with E-state index in [1.165, 1.54) is 12.1 Å². The lowest BCUT2D eigenvalue weighted by molar-refractivity contribution is 0.0629. The number of piperidine rings is 1. The number of nitrogens with zero attached hydrogens (tertiary/aromatic N) is 1. The van der Waals surface area contributed by atoms with Gasteiger partial charge in [-0.25, -0.2) is 26.4 Å². The molecule has 1 N–H and O–H groups in total. The molecular weight excluding hydrogens is 533 g/mol. The van der Waals surface area contributed by atoms with E-state index in [0.29, 0.717) is 25.0 Å². The summed E-state index contributed by atoms with van der Waals surface area (Å²) in [7, 11) is -4.00. The largest absolute Gasteiger partial charge is 0.449 e. The van der Waals surface area contributed by atoms with Crippen LogP contribution in [0.5, 0.6) is 0 Å². The Morgan fingerprint density at radius 2 is 1.68 bits per heavy atom. The summed E-state index contributed by atoms with van der Waals surface area (Å²) < 4.78 is 72.7. The number of nitrogens with one attached hydrogen (secondary N) is 1. The van der Waals surface area contributed by atoms with E-state index in [9.17, 15) is 31.2 Å². The third-order valence-electron chi connectivity index (χ3n) is 6.62. The molecule has 0 spiro atoms. The highest BCUT2D eigenvalue weighted by molar-refractivity contribution is 7.92. The van der Waals surface area contributed by atoms with E-state index in [1.54, 1.807) is 4.90 Å². The van der Waals surface area contributed by atoms with Crippen molar-refractivity contribution in [2.75, 3.05) is 11.9 Å².